The molecule has 0 saturated carbocycles. The Kier molecular flexibility index (Phi) is 41.4. The number of nitrogens with zero attached hydrogens (tertiary/aromatic N) is 11. The van der Waals surface area contributed by atoms with Crippen molar-refractivity contribution in [3.63, 3.8) is 0 Å². The Morgan fingerprint density at radius 2 is 0.264 bits per heavy atom. The molecule has 740 valence electrons. The van der Waals surface area contributed by atoms with E-state index in [1.807, 2.05) is 18.5 Å². The topological polar surface area (TPSA) is 142 Å². The van der Waals surface area contributed by atoms with E-state index in [2.05, 4.69) is 334 Å². The van der Waals surface area contributed by atoms with Gasteiger partial charge in [0.2, 0.25) is 0 Å². The third-order valence-electron chi connectivity index (χ3n) is 28.2. The molecule has 11 heteroatoms. The van der Waals surface area contributed by atoms with Gasteiger partial charge in [-0.05, 0) is 223 Å². The number of rotatable bonds is 54. The van der Waals surface area contributed by atoms with Gasteiger partial charge in [0.05, 0.1) is 11.4 Å². The number of unbranched alkanes of at least 4 members (excludes halogenated alkanes) is 24. The van der Waals surface area contributed by atoms with Gasteiger partial charge in [0.1, 0.15) is 0 Å². The van der Waals surface area contributed by atoms with E-state index < -0.39 is 0 Å². The molecular formula is C133H153N11. The Bertz CT molecular complexity index is 5400. The van der Waals surface area contributed by atoms with E-state index in [0.717, 1.165) is 124 Å². The lowest BCUT2D eigenvalue weighted by atomic mass is 9.92. The monoisotopic (exact) mass is 1900 g/mol. The zero-order valence-electron chi connectivity index (χ0n) is 87.5. The molecule has 0 atom stereocenters. The van der Waals surface area contributed by atoms with E-state index in [9.17, 15) is 0 Å². The molecule has 0 fully saturated rings. The molecule has 16 rings (SSSR count). The van der Waals surface area contributed by atoms with Crippen molar-refractivity contribution in [2.75, 3.05) is 0 Å². The highest BCUT2D eigenvalue weighted by atomic mass is 15.1. The van der Waals surface area contributed by atoms with E-state index in [1.165, 1.54) is 283 Å². The molecule has 0 aliphatic rings. The van der Waals surface area contributed by atoms with Gasteiger partial charge in [-0.25, -0.2) is 44.9 Å². The summed E-state index contributed by atoms with van der Waals surface area (Å²) in [4.78, 5) is 55.6. The Hall–Kier alpha value is -13.3. The summed E-state index contributed by atoms with van der Waals surface area (Å²) >= 11 is 0. The van der Waals surface area contributed by atoms with Gasteiger partial charge in [0.25, 0.3) is 0 Å². The summed E-state index contributed by atoms with van der Waals surface area (Å²) in [5.41, 5.74) is 30.6. The molecule has 0 aliphatic carbocycles. The van der Waals surface area contributed by atoms with Crippen molar-refractivity contribution in [3.05, 3.63) is 342 Å². The number of pyridine rings is 2. The minimum Gasteiger partial charge on any atom is -0.255 e. The van der Waals surface area contributed by atoms with Crippen LogP contribution in [-0.2, 0) is 51.4 Å². The summed E-state index contributed by atoms with van der Waals surface area (Å²) in [6.45, 7) is 18.1. The predicted octanol–water partition coefficient (Wildman–Crippen LogP) is 37.0. The van der Waals surface area contributed by atoms with Gasteiger partial charge in [-0.2, -0.15) is 0 Å². The van der Waals surface area contributed by atoms with Crippen LogP contribution in [0.25, 0.3) is 158 Å². The molecule has 0 radical (unpaired) electrons. The largest absolute Gasteiger partial charge is 0.255 e. The number of hydrogen-bond acceptors (Lipinski definition) is 11. The molecule has 0 unspecified atom stereocenters. The van der Waals surface area contributed by atoms with Gasteiger partial charge in [0, 0.05) is 73.6 Å². The molecular weight excluding hydrogens is 1750 g/mol. The van der Waals surface area contributed by atoms with Crippen LogP contribution >= 0.6 is 0 Å². The highest BCUT2D eigenvalue weighted by molar-refractivity contribution is 5.83. The molecule has 16 aromatic rings. The molecule has 11 aromatic carbocycles. The average molecular weight is 1910 g/mol. The van der Waals surface area contributed by atoms with Crippen LogP contribution in [0.2, 0.25) is 0 Å². The second kappa shape index (κ2) is 56.7. The van der Waals surface area contributed by atoms with E-state index in [4.69, 9.17) is 54.8 Å². The van der Waals surface area contributed by atoms with E-state index in [0.29, 0.717) is 52.4 Å². The molecule has 144 heavy (non-hydrogen) atoms. The molecule has 5 aromatic heterocycles. The maximum Gasteiger partial charge on any atom is 0.165 e. The van der Waals surface area contributed by atoms with Crippen molar-refractivity contribution in [1.29, 1.82) is 0 Å². The Labute approximate surface area is 861 Å². The number of aromatic nitrogens is 11. The minimum atomic E-state index is 0.598. The smallest absolute Gasteiger partial charge is 0.165 e. The minimum absolute atomic E-state index is 0.598. The molecule has 0 bridgehead atoms. The van der Waals surface area contributed by atoms with Crippen LogP contribution < -0.4 is 0 Å². The van der Waals surface area contributed by atoms with E-state index >= 15 is 0 Å². The van der Waals surface area contributed by atoms with Crippen LogP contribution in [0, 0.1) is 0 Å². The van der Waals surface area contributed by atoms with Crippen LogP contribution in [0.5, 0.6) is 0 Å². The zero-order chi connectivity index (χ0) is 99.5. The van der Waals surface area contributed by atoms with Gasteiger partial charge >= 0.3 is 0 Å². The van der Waals surface area contributed by atoms with Crippen LogP contribution in [0.1, 0.15) is 305 Å². The van der Waals surface area contributed by atoms with Crippen LogP contribution in [0.4, 0.5) is 0 Å². The summed E-state index contributed by atoms with van der Waals surface area (Å²) in [6, 6.07) is 104. The normalized spacial score (nSPS) is 11.3. The fraction of sp³-hybridized carbons (Fsp3) is 0.361. The van der Waals surface area contributed by atoms with Gasteiger partial charge in [-0.3, -0.25) is 9.97 Å². The molecule has 0 spiro atoms. The van der Waals surface area contributed by atoms with E-state index in [1.54, 1.807) is 0 Å². The van der Waals surface area contributed by atoms with Gasteiger partial charge < -0.3 is 0 Å². The van der Waals surface area contributed by atoms with Crippen molar-refractivity contribution < 1.29 is 0 Å². The van der Waals surface area contributed by atoms with Crippen LogP contribution in [0.15, 0.2) is 298 Å². The first-order valence-corrected chi connectivity index (χ1v) is 55.3. The third-order valence-corrected chi connectivity index (χ3v) is 28.2. The lowest BCUT2D eigenvalue weighted by molar-refractivity contribution is 0.667. The highest BCUT2D eigenvalue weighted by Crippen LogP contribution is 2.38. The summed E-state index contributed by atoms with van der Waals surface area (Å²) in [5, 5.41) is 0. The quantitative estimate of drug-likeness (QED) is 0.0336. The fourth-order valence-corrected chi connectivity index (χ4v) is 19.1. The Morgan fingerprint density at radius 3 is 0.424 bits per heavy atom. The van der Waals surface area contributed by atoms with Crippen LogP contribution in [-0.4, -0.2) is 54.8 Å². The Morgan fingerprint density at radius 1 is 0.125 bits per heavy atom. The molecule has 5 heterocycles. The summed E-state index contributed by atoms with van der Waals surface area (Å²) in [7, 11) is 0. The van der Waals surface area contributed by atoms with Gasteiger partial charge in [0.15, 0.2) is 52.4 Å². The molecule has 0 saturated heterocycles. The van der Waals surface area contributed by atoms with Crippen molar-refractivity contribution in [2.45, 2.75) is 312 Å². The Balaban J connectivity index is 0.000000217. The first kappa shape index (κ1) is 105. The first-order valence-electron chi connectivity index (χ1n) is 55.3. The average Bonchev–Trinajstić information content (AvgIpc) is 0.806. The lowest BCUT2D eigenvalue weighted by Crippen LogP contribution is -2.01. The van der Waals surface area contributed by atoms with Crippen molar-refractivity contribution in [2.24, 2.45) is 0 Å². The summed E-state index contributed by atoms with van der Waals surface area (Å²) < 4.78 is 0. The van der Waals surface area contributed by atoms with Gasteiger partial charge in [-0.1, -0.05) is 452 Å². The third kappa shape index (κ3) is 31.4. The van der Waals surface area contributed by atoms with Crippen molar-refractivity contribution in [1.82, 2.24) is 54.8 Å². The first-order chi connectivity index (χ1) is 71.0. The maximum absolute atomic E-state index is 5.08. The molecule has 11 nitrogen and oxygen atoms in total. The maximum atomic E-state index is 5.08. The highest BCUT2D eigenvalue weighted by Gasteiger charge is 2.21. The molecule has 0 N–H and O–H groups in total. The summed E-state index contributed by atoms with van der Waals surface area (Å²) in [5.74, 6) is 5.87. The SMILES string of the molecule is CCCCCCc1ccc(-c2cc(-c3ccc(CCCCCC)cc3)cc(-c3ccc(-c4ccc(-c5nc(-c6ccc(CCCCCC)cc6)nc(-c6ccc(CCCCCC)cc6)n5)cn4)cc3)c2)cc1.CCCCCCc1ccc(-c2nc(-c3ccc(CCCCCC)cc3)nc(-c3ccc(-c4ccc(-c5nc(-c6ccc(CCCCCC)cc6)nc(-c6ccc(CCCCCC)cc6)n5)cn4)cc3)n2)cc1. The molecule has 0 aliphatic heterocycles. The second-order valence-corrected chi connectivity index (χ2v) is 39.8. The zero-order valence-corrected chi connectivity index (χ0v) is 87.5. The van der Waals surface area contributed by atoms with E-state index in [-0.39, 0.29) is 0 Å². The second-order valence-electron chi connectivity index (χ2n) is 39.8. The number of hydrogen-bond donors (Lipinski definition) is 0. The molecule has 0 amide bonds. The van der Waals surface area contributed by atoms with Gasteiger partial charge in [-0.15, -0.1) is 0 Å². The lowest BCUT2D eigenvalue weighted by Gasteiger charge is -2.13. The van der Waals surface area contributed by atoms with Crippen LogP contribution in [0.3, 0.4) is 0 Å². The number of aryl methyl sites for hydroxylation is 8. The predicted molar refractivity (Wildman–Crippen MR) is 608 cm³/mol. The number of benzene rings is 11. The standard InChI is InChI=1S/C68H78N4.C65H75N7/c1-5-9-13-17-21-51-25-33-55(34-26-51)62-47-63(56-35-27-52(28-36-56)22-18-14-10-6-2)49-64(48-62)57-41-43-58(44-42-57)65-46-45-61(50-69-65)68-71-66(59-37-29-53(30-38-59)23-19-15-11-7-3)70-67(72-68)60-39-31-54(32-40-60)24-20-16-12-8-4;1-5-9-13-17-21-48-25-33-53(34-26-48)60-67-61(54-35-27-49(28-36-54)22-18-14-10-6-2)69-64(68-60)57-43-41-52(42-44-57)59-46-45-58(47-66-59)65-71-62(55-37-29-50(30-38-55)23-19-15-11-7-3)70-63(72-65)56-39-31-51(32-40-56)24-20-16-12-8-4/h25-50H,5-24H2,1-4H3;25-47H,5-24H2,1-4H3. The summed E-state index contributed by atoms with van der Waals surface area (Å²) in [6.07, 6.45) is 52.9. The van der Waals surface area contributed by atoms with Crippen molar-refractivity contribution in [3.8, 4) is 158 Å². The van der Waals surface area contributed by atoms with Crippen molar-refractivity contribution >= 4 is 0 Å². The fourth-order valence-electron chi connectivity index (χ4n) is 19.1.